The molecule has 2 rings (SSSR count). The zero-order valence-corrected chi connectivity index (χ0v) is 15.5. The summed E-state index contributed by atoms with van der Waals surface area (Å²) >= 11 is 0. The van der Waals surface area contributed by atoms with Crippen LogP contribution in [0.4, 0.5) is 0 Å². The maximum Gasteiger partial charge on any atom is 0.234 e. The SMILES string of the molecule is CC(C)Cc1ccc([C@H](C)NC(=O)CN(C)C[C@H]2CCOC2)cc1. The molecule has 0 aliphatic carbocycles. The highest BCUT2D eigenvalue weighted by atomic mass is 16.5. The van der Waals surface area contributed by atoms with Crippen LogP contribution >= 0.6 is 0 Å². The average Bonchev–Trinajstić information content (AvgIpc) is 2.99. The minimum absolute atomic E-state index is 0.0359. The first kappa shape index (κ1) is 18.9. The number of benzene rings is 1. The third-order valence-corrected chi connectivity index (χ3v) is 4.51. The minimum Gasteiger partial charge on any atom is -0.381 e. The summed E-state index contributed by atoms with van der Waals surface area (Å²) in [5.41, 5.74) is 2.51. The highest BCUT2D eigenvalue weighted by Crippen LogP contribution is 2.16. The molecule has 1 amide bonds. The van der Waals surface area contributed by atoms with Crippen molar-refractivity contribution in [3.8, 4) is 0 Å². The topological polar surface area (TPSA) is 41.6 Å². The highest BCUT2D eigenvalue weighted by Gasteiger charge is 2.19. The van der Waals surface area contributed by atoms with Gasteiger partial charge in [0.05, 0.1) is 19.2 Å². The fraction of sp³-hybridized carbons (Fsp3) is 0.650. The monoisotopic (exact) mass is 332 g/mol. The number of hydrogen-bond acceptors (Lipinski definition) is 3. The molecule has 0 bridgehead atoms. The number of carbonyl (C=O) groups is 1. The van der Waals surface area contributed by atoms with E-state index >= 15 is 0 Å². The molecule has 1 aliphatic rings. The summed E-state index contributed by atoms with van der Waals surface area (Å²) < 4.78 is 5.39. The zero-order chi connectivity index (χ0) is 17.5. The Kier molecular flexibility index (Phi) is 7.25. The molecule has 1 aromatic rings. The normalized spacial score (nSPS) is 19.0. The van der Waals surface area contributed by atoms with Gasteiger partial charge in [-0.1, -0.05) is 38.1 Å². The van der Waals surface area contributed by atoms with Gasteiger partial charge in [-0.25, -0.2) is 0 Å². The average molecular weight is 332 g/mol. The van der Waals surface area contributed by atoms with Gasteiger partial charge in [0.2, 0.25) is 5.91 Å². The van der Waals surface area contributed by atoms with Crippen LogP contribution in [0.1, 0.15) is 44.4 Å². The lowest BCUT2D eigenvalue weighted by Gasteiger charge is -2.21. The molecule has 1 N–H and O–H groups in total. The van der Waals surface area contributed by atoms with E-state index in [1.807, 2.05) is 14.0 Å². The minimum atomic E-state index is 0.0359. The highest BCUT2D eigenvalue weighted by molar-refractivity contribution is 5.78. The number of rotatable bonds is 8. The van der Waals surface area contributed by atoms with Gasteiger partial charge < -0.3 is 10.1 Å². The number of ether oxygens (including phenoxy) is 1. The Morgan fingerprint density at radius 3 is 2.58 bits per heavy atom. The fourth-order valence-electron chi connectivity index (χ4n) is 3.26. The second-order valence-corrected chi connectivity index (χ2v) is 7.56. The van der Waals surface area contributed by atoms with Crippen molar-refractivity contribution in [3.63, 3.8) is 0 Å². The molecule has 1 saturated heterocycles. The van der Waals surface area contributed by atoms with Gasteiger partial charge in [-0.3, -0.25) is 9.69 Å². The summed E-state index contributed by atoms with van der Waals surface area (Å²) in [5.74, 6) is 1.30. The van der Waals surface area contributed by atoms with Gasteiger partial charge in [-0.15, -0.1) is 0 Å². The molecular weight excluding hydrogens is 300 g/mol. The molecule has 0 saturated carbocycles. The summed E-state index contributed by atoms with van der Waals surface area (Å²) in [4.78, 5) is 14.3. The van der Waals surface area contributed by atoms with Gasteiger partial charge in [0.1, 0.15) is 0 Å². The van der Waals surface area contributed by atoms with Crippen LogP contribution in [-0.2, 0) is 16.0 Å². The third kappa shape index (κ3) is 6.25. The van der Waals surface area contributed by atoms with E-state index in [-0.39, 0.29) is 11.9 Å². The molecule has 1 aliphatic heterocycles. The van der Waals surface area contributed by atoms with Gasteiger partial charge in [0.15, 0.2) is 0 Å². The molecular formula is C20H32N2O2. The standard InChI is InChI=1S/C20H32N2O2/c1-15(2)11-17-5-7-19(8-6-17)16(3)21-20(23)13-22(4)12-18-9-10-24-14-18/h5-8,15-16,18H,9-14H2,1-4H3,(H,21,23)/t16-,18+/m0/s1. The second kappa shape index (κ2) is 9.19. The van der Waals surface area contributed by atoms with Gasteiger partial charge >= 0.3 is 0 Å². The largest absolute Gasteiger partial charge is 0.381 e. The van der Waals surface area contributed by atoms with Crippen molar-refractivity contribution < 1.29 is 9.53 Å². The van der Waals surface area contributed by atoms with E-state index in [0.29, 0.717) is 18.4 Å². The van der Waals surface area contributed by atoms with Gasteiger partial charge in [-0.05, 0) is 49.8 Å². The number of hydrogen-bond donors (Lipinski definition) is 1. The van der Waals surface area contributed by atoms with Crippen molar-refractivity contribution >= 4 is 5.91 Å². The van der Waals surface area contributed by atoms with Gasteiger partial charge in [0.25, 0.3) is 0 Å². The van der Waals surface area contributed by atoms with E-state index < -0.39 is 0 Å². The summed E-state index contributed by atoms with van der Waals surface area (Å²) in [7, 11) is 2.00. The van der Waals surface area contributed by atoms with Crippen molar-refractivity contribution in [2.45, 2.75) is 39.7 Å². The van der Waals surface area contributed by atoms with Crippen LogP contribution in [0, 0.1) is 11.8 Å². The molecule has 0 aromatic heterocycles. The van der Waals surface area contributed by atoms with E-state index in [0.717, 1.165) is 38.2 Å². The molecule has 1 aromatic carbocycles. The van der Waals surface area contributed by atoms with Crippen molar-refractivity contribution in [1.82, 2.24) is 10.2 Å². The predicted molar refractivity (Wildman–Crippen MR) is 98.0 cm³/mol. The van der Waals surface area contributed by atoms with Crippen molar-refractivity contribution in [3.05, 3.63) is 35.4 Å². The maximum absolute atomic E-state index is 12.2. The smallest absolute Gasteiger partial charge is 0.234 e. The number of carbonyl (C=O) groups excluding carboxylic acids is 1. The van der Waals surface area contributed by atoms with E-state index in [4.69, 9.17) is 4.74 Å². The first-order valence-electron chi connectivity index (χ1n) is 9.08. The Labute approximate surface area is 146 Å². The van der Waals surface area contributed by atoms with Crippen molar-refractivity contribution in [1.29, 1.82) is 0 Å². The molecule has 1 heterocycles. The number of nitrogens with zero attached hydrogens (tertiary/aromatic N) is 1. The lowest BCUT2D eigenvalue weighted by Crippen LogP contribution is -2.38. The van der Waals surface area contributed by atoms with Crippen LogP contribution in [-0.4, -0.2) is 44.2 Å². The number of nitrogens with one attached hydrogen (secondary N) is 1. The van der Waals surface area contributed by atoms with Crippen LogP contribution in [0.5, 0.6) is 0 Å². The van der Waals surface area contributed by atoms with Crippen LogP contribution < -0.4 is 5.32 Å². The molecule has 4 nitrogen and oxygen atoms in total. The first-order chi connectivity index (χ1) is 11.4. The van der Waals surface area contributed by atoms with Gasteiger partial charge in [0, 0.05) is 13.2 Å². The Hall–Kier alpha value is -1.39. The summed E-state index contributed by atoms with van der Waals surface area (Å²) in [6.45, 7) is 9.54. The second-order valence-electron chi connectivity index (χ2n) is 7.56. The van der Waals surface area contributed by atoms with E-state index in [2.05, 4.69) is 48.3 Å². The fourth-order valence-corrected chi connectivity index (χ4v) is 3.26. The molecule has 24 heavy (non-hydrogen) atoms. The molecule has 134 valence electrons. The first-order valence-corrected chi connectivity index (χ1v) is 9.08. The summed E-state index contributed by atoms with van der Waals surface area (Å²) in [6.07, 6.45) is 2.20. The van der Waals surface area contributed by atoms with Crippen LogP contribution in [0.25, 0.3) is 0 Å². The van der Waals surface area contributed by atoms with Crippen molar-refractivity contribution in [2.24, 2.45) is 11.8 Å². The number of likely N-dealkylation sites (N-methyl/N-ethyl adjacent to an activating group) is 1. The molecule has 0 unspecified atom stereocenters. The Morgan fingerprint density at radius 2 is 2.00 bits per heavy atom. The maximum atomic E-state index is 12.2. The summed E-state index contributed by atoms with van der Waals surface area (Å²) in [6, 6.07) is 8.63. The third-order valence-electron chi connectivity index (χ3n) is 4.51. The van der Waals surface area contributed by atoms with Crippen LogP contribution in [0.2, 0.25) is 0 Å². The zero-order valence-electron chi connectivity index (χ0n) is 15.5. The quantitative estimate of drug-likeness (QED) is 0.795. The molecule has 0 spiro atoms. The summed E-state index contributed by atoms with van der Waals surface area (Å²) in [5, 5.41) is 3.10. The molecule has 4 heteroatoms. The van der Waals surface area contributed by atoms with Crippen LogP contribution in [0.3, 0.4) is 0 Å². The Morgan fingerprint density at radius 1 is 1.29 bits per heavy atom. The van der Waals surface area contributed by atoms with Crippen molar-refractivity contribution in [2.75, 3.05) is 33.4 Å². The Balaban J connectivity index is 1.77. The molecule has 0 radical (unpaired) electrons. The lowest BCUT2D eigenvalue weighted by molar-refractivity contribution is -0.122. The van der Waals surface area contributed by atoms with Gasteiger partial charge in [-0.2, -0.15) is 0 Å². The predicted octanol–water partition coefficient (Wildman–Crippen LogP) is 3.03. The lowest BCUT2D eigenvalue weighted by atomic mass is 10.00. The van der Waals surface area contributed by atoms with Crippen LogP contribution in [0.15, 0.2) is 24.3 Å². The van der Waals surface area contributed by atoms with E-state index in [1.54, 1.807) is 0 Å². The van der Waals surface area contributed by atoms with E-state index in [9.17, 15) is 4.79 Å². The number of amides is 1. The van der Waals surface area contributed by atoms with E-state index in [1.165, 1.54) is 5.56 Å². The molecule has 1 fully saturated rings. The Bertz CT molecular complexity index is 507. The molecule has 2 atom stereocenters.